The fourth-order valence-corrected chi connectivity index (χ4v) is 3.24. The van der Waals surface area contributed by atoms with Gasteiger partial charge in [-0.3, -0.25) is 4.79 Å². The topological polar surface area (TPSA) is 42.8 Å². The molecule has 0 aromatic heterocycles. The fraction of sp³-hybridized carbons (Fsp3) is 0.350. The van der Waals surface area contributed by atoms with Crippen molar-refractivity contribution in [3.8, 4) is 5.75 Å². The lowest BCUT2D eigenvalue weighted by molar-refractivity contribution is -0.901. The Morgan fingerprint density at radius 3 is 2.38 bits per heavy atom. The van der Waals surface area contributed by atoms with Crippen molar-refractivity contribution in [3.05, 3.63) is 65.2 Å². The number of ether oxygens (including phenoxy) is 1. The lowest BCUT2D eigenvalue weighted by atomic mass is 10.1. The van der Waals surface area contributed by atoms with Gasteiger partial charge in [0.15, 0.2) is 0 Å². The largest absolute Gasteiger partial charge is 0.497 e. The zero-order valence-corrected chi connectivity index (χ0v) is 14.2. The van der Waals surface area contributed by atoms with E-state index in [9.17, 15) is 4.79 Å². The van der Waals surface area contributed by atoms with Gasteiger partial charge in [-0.2, -0.15) is 0 Å². The first-order valence-corrected chi connectivity index (χ1v) is 8.59. The summed E-state index contributed by atoms with van der Waals surface area (Å²) in [7, 11) is 1.62. The minimum absolute atomic E-state index is 0.0547. The predicted octanol–water partition coefficient (Wildman–Crippen LogP) is 1.80. The Bertz CT molecular complexity index is 676. The van der Waals surface area contributed by atoms with Gasteiger partial charge in [0.25, 0.3) is 5.91 Å². The SMILES string of the molecule is COc1ccc(C(=O)NCc2ccccc2C[NH+]2CCCC2)cc1. The van der Waals surface area contributed by atoms with E-state index >= 15 is 0 Å². The van der Waals surface area contributed by atoms with Crippen LogP contribution < -0.4 is 15.0 Å². The molecule has 3 rings (SSSR count). The van der Waals surface area contributed by atoms with Crippen molar-refractivity contribution in [3.63, 3.8) is 0 Å². The highest BCUT2D eigenvalue weighted by atomic mass is 16.5. The molecule has 2 aromatic carbocycles. The number of likely N-dealkylation sites (tertiary alicyclic amines) is 1. The monoisotopic (exact) mass is 325 g/mol. The van der Waals surface area contributed by atoms with Gasteiger partial charge in [-0.1, -0.05) is 24.3 Å². The van der Waals surface area contributed by atoms with Crippen LogP contribution in [0.5, 0.6) is 5.75 Å². The molecule has 2 aromatic rings. The molecule has 4 nitrogen and oxygen atoms in total. The van der Waals surface area contributed by atoms with E-state index in [1.807, 2.05) is 6.07 Å². The van der Waals surface area contributed by atoms with Crippen LogP contribution in [0.2, 0.25) is 0 Å². The van der Waals surface area contributed by atoms with E-state index in [0.717, 1.165) is 12.3 Å². The molecule has 0 unspecified atom stereocenters. The summed E-state index contributed by atoms with van der Waals surface area (Å²) >= 11 is 0. The van der Waals surface area contributed by atoms with E-state index in [0.29, 0.717) is 12.1 Å². The van der Waals surface area contributed by atoms with Gasteiger partial charge in [-0.05, 0) is 29.8 Å². The number of quaternary nitrogens is 1. The Hall–Kier alpha value is -2.33. The summed E-state index contributed by atoms with van der Waals surface area (Å²) < 4.78 is 5.12. The Kier molecular flexibility index (Phi) is 5.49. The second kappa shape index (κ2) is 7.97. The van der Waals surface area contributed by atoms with Gasteiger partial charge in [-0.15, -0.1) is 0 Å². The van der Waals surface area contributed by atoms with E-state index in [1.54, 1.807) is 36.3 Å². The van der Waals surface area contributed by atoms with Crippen molar-refractivity contribution in [1.82, 2.24) is 5.32 Å². The molecular weight excluding hydrogens is 300 g/mol. The third-order valence-electron chi connectivity index (χ3n) is 4.66. The smallest absolute Gasteiger partial charge is 0.251 e. The molecule has 2 N–H and O–H groups in total. The molecule has 1 amide bonds. The van der Waals surface area contributed by atoms with E-state index in [1.165, 1.54) is 37.1 Å². The van der Waals surface area contributed by atoms with Gasteiger partial charge in [0, 0.05) is 30.5 Å². The Morgan fingerprint density at radius 2 is 1.71 bits per heavy atom. The van der Waals surface area contributed by atoms with Gasteiger partial charge in [0.05, 0.1) is 20.2 Å². The highest BCUT2D eigenvalue weighted by molar-refractivity contribution is 5.94. The molecular formula is C20H25N2O2+. The van der Waals surface area contributed by atoms with Crippen molar-refractivity contribution < 1.29 is 14.4 Å². The zero-order chi connectivity index (χ0) is 16.8. The molecule has 1 aliphatic rings. The minimum Gasteiger partial charge on any atom is -0.497 e. The number of carbonyl (C=O) groups excluding carboxylic acids is 1. The molecule has 24 heavy (non-hydrogen) atoms. The summed E-state index contributed by atoms with van der Waals surface area (Å²) in [6, 6.07) is 15.6. The van der Waals surface area contributed by atoms with Crippen molar-refractivity contribution >= 4 is 5.91 Å². The van der Waals surface area contributed by atoms with Crippen LogP contribution in [0.15, 0.2) is 48.5 Å². The Morgan fingerprint density at radius 1 is 1.04 bits per heavy atom. The van der Waals surface area contributed by atoms with Gasteiger partial charge < -0.3 is 15.0 Å². The van der Waals surface area contributed by atoms with Crippen LogP contribution in [0, 0.1) is 0 Å². The maximum Gasteiger partial charge on any atom is 0.251 e. The first-order chi connectivity index (χ1) is 11.8. The third-order valence-corrected chi connectivity index (χ3v) is 4.66. The number of amides is 1. The molecule has 1 fully saturated rings. The first kappa shape index (κ1) is 16.5. The highest BCUT2D eigenvalue weighted by Gasteiger charge is 2.17. The average molecular weight is 325 g/mol. The van der Waals surface area contributed by atoms with E-state index in [-0.39, 0.29) is 5.91 Å². The number of rotatable bonds is 6. The second-order valence-electron chi connectivity index (χ2n) is 6.31. The third kappa shape index (κ3) is 4.15. The fourth-order valence-electron chi connectivity index (χ4n) is 3.24. The normalized spacial score (nSPS) is 14.5. The van der Waals surface area contributed by atoms with E-state index in [2.05, 4.69) is 23.5 Å². The zero-order valence-electron chi connectivity index (χ0n) is 14.2. The molecule has 1 heterocycles. The molecule has 0 aliphatic carbocycles. The number of benzene rings is 2. The Balaban J connectivity index is 1.62. The van der Waals surface area contributed by atoms with Crippen LogP contribution in [-0.2, 0) is 13.1 Å². The Labute approximate surface area is 143 Å². The predicted molar refractivity (Wildman–Crippen MR) is 94.2 cm³/mol. The lowest BCUT2D eigenvalue weighted by Crippen LogP contribution is -3.08. The van der Waals surface area contributed by atoms with Crippen molar-refractivity contribution in [2.24, 2.45) is 0 Å². The molecule has 0 bridgehead atoms. The quantitative estimate of drug-likeness (QED) is 0.850. The van der Waals surface area contributed by atoms with Crippen LogP contribution in [0.25, 0.3) is 0 Å². The van der Waals surface area contributed by atoms with Crippen molar-refractivity contribution in [1.29, 1.82) is 0 Å². The number of hydrogen-bond donors (Lipinski definition) is 2. The summed E-state index contributed by atoms with van der Waals surface area (Å²) in [5.41, 5.74) is 3.20. The van der Waals surface area contributed by atoms with Crippen LogP contribution >= 0.6 is 0 Å². The van der Waals surface area contributed by atoms with Crippen LogP contribution in [0.4, 0.5) is 0 Å². The lowest BCUT2D eigenvalue weighted by Gasteiger charge is -2.15. The van der Waals surface area contributed by atoms with Crippen LogP contribution in [0.3, 0.4) is 0 Å². The summed E-state index contributed by atoms with van der Waals surface area (Å²) in [5, 5.41) is 3.03. The van der Waals surface area contributed by atoms with Crippen molar-refractivity contribution in [2.75, 3.05) is 20.2 Å². The standard InChI is InChI=1S/C20H24N2O2/c1-24-19-10-8-16(9-11-19)20(23)21-14-17-6-2-3-7-18(17)15-22-12-4-5-13-22/h2-3,6-11H,4-5,12-15H2,1H3,(H,21,23)/p+1. The van der Waals surface area contributed by atoms with E-state index < -0.39 is 0 Å². The summed E-state index contributed by atoms with van der Waals surface area (Å²) in [4.78, 5) is 14.0. The highest BCUT2D eigenvalue weighted by Crippen LogP contribution is 2.12. The first-order valence-electron chi connectivity index (χ1n) is 8.59. The van der Waals surface area contributed by atoms with E-state index in [4.69, 9.17) is 4.74 Å². The second-order valence-corrected chi connectivity index (χ2v) is 6.31. The van der Waals surface area contributed by atoms with Gasteiger partial charge in [-0.25, -0.2) is 0 Å². The van der Waals surface area contributed by atoms with Crippen LogP contribution in [0.1, 0.15) is 34.3 Å². The van der Waals surface area contributed by atoms with Crippen molar-refractivity contribution in [2.45, 2.75) is 25.9 Å². The number of carbonyl (C=O) groups is 1. The average Bonchev–Trinajstić information content (AvgIpc) is 3.14. The number of methoxy groups -OCH3 is 1. The summed E-state index contributed by atoms with van der Waals surface area (Å²) in [6.45, 7) is 4.13. The molecule has 126 valence electrons. The molecule has 0 atom stereocenters. The molecule has 0 spiro atoms. The van der Waals surface area contributed by atoms with Gasteiger partial charge in [0.1, 0.15) is 12.3 Å². The van der Waals surface area contributed by atoms with Gasteiger partial charge in [0.2, 0.25) is 0 Å². The number of hydrogen-bond acceptors (Lipinski definition) is 2. The molecule has 4 heteroatoms. The molecule has 0 radical (unpaired) electrons. The molecule has 1 saturated heterocycles. The summed E-state index contributed by atoms with van der Waals surface area (Å²) in [6.07, 6.45) is 2.65. The van der Waals surface area contributed by atoms with Gasteiger partial charge >= 0.3 is 0 Å². The number of nitrogens with one attached hydrogen (secondary N) is 2. The summed E-state index contributed by atoms with van der Waals surface area (Å²) in [5.74, 6) is 0.700. The molecule has 1 aliphatic heterocycles. The maximum atomic E-state index is 12.3. The maximum absolute atomic E-state index is 12.3. The molecule has 0 saturated carbocycles. The van der Waals surface area contributed by atoms with Crippen LogP contribution in [-0.4, -0.2) is 26.1 Å². The minimum atomic E-state index is -0.0547.